The molecule has 2 fully saturated rings. The molecule has 2 aliphatic carbocycles. The minimum absolute atomic E-state index is 0.193. The summed E-state index contributed by atoms with van der Waals surface area (Å²) in [5.41, 5.74) is 2.61. The highest BCUT2D eigenvalue weighted by Crippen LogP contribution is 2.63. The summed E-state index contributed by atoms with van der Waals surface area (Å²) in [6.45, 7) is 7.07. The maximum Gasteiger partial charge on any atom is 0.0583 e. The molecule has 0 saturated heterocycles. The van der Waals surface area contributed by atoms with Crippen molar-refractivity contribution < 1.29 is 0 Å². The molecule has 1 aromatic rings. The number of hydrogen-bond donors (Lipinski definition) is 0. The van der Waals surface area contributed by atoms with Crippen LogP contribution in [-0.2, 0) is 0 Å². The van der Waals surface area contributed by atoms with E-state index in [0.717, 1.165) is 17.9 Å². The van der Waals surface area contributed by atoms with Gasteiger partial charge in [0.05, 0.1) is 11.2 Å². The van der Waals surface area contributed by atoms with Crippen LogP contribution in [0.25, 0.3) is 0 Å². The number of nitrogens with zero attached hydrogens (tertiary/aromatic N) is 2. The summed E-state index contributed by atoms with van der Waals surface area (Å²) in [5.74, 6) is 0.746. The molecular formula is C17H20Cl2N2. The minimum atomic E-state index is 0.193. The van der Waals surface area contributed by atoms with Gasteiger partial charge in [0.15, 0.2) is 0 Å². The molecule has 0 spiro atoms. The van der Waals surface area contributed by atoms with Gasteiger partial charge in [-0.1, -0.05) is 50.0 Å². The topological polar surface area (TPSA) is 24.7 Å². The van der Waals surface area contributed by atoms with Gasteiger partial charge >= 0.3 is 0 Å². The van der Waals surface area contributed by atoms with Crippen LogP contribution >= 0.6 is 23.2 Å². The molecule has 3 rings (SSSR count). The monoisotopic (exact) mass is 322 g/mol. The van der Waals surface area contributed by atoms with E-state index < -0.39 is 0 Å². The van der Waals surface area contributed by atoms with Gasteiger partial charge in [0.2, 0.25) is 0 Å². The minimum Gasteiger partial charge on any atom is -0.160 e. The molecule has 0 aromatic heterocycles. The molecule has 21 heavy (non-hydrogen) atoms. The Balaban J connectivity index is 1.83. The fourth-order valence-electron chi connectivity index (χ4n) is 3.85. The SMILES string of the molecule is CC12CCC(CC1=NN=Cc1ccc(Cl)cc1Cl)C2(C)C. The summed E-state index contributed by atoms with van der Waals surface area (Å²) in [6.07, 6.45) is 5.33. The van der Waals surface area contributed by atoms with Crippen LogP contribution in [0.5, 0.6) is 0 Å². The molecule has 2 aliphatic rings. The van der Waals surface area contributed by atoms with Crippen LogP contribution in [0.3, 0.4) is 0 Å². The predicted octanol–water partition coefficient (Wildman–Crippen LogP) is 5.61. The van der Waals surface area contributed by atoms with Crippen LogP contribution in [-0.4, -0.2) is 11.9 Å². The lowest BCUT2D eigenvalue weighted by Gasteiger charge is -2.34. The molecule has 0 N–H and O–H groups in total. The normalized spacial score (nSPS) is 32.4. The van der Waals surface area contributed by atoms with Crippen LogP contribution in [0.15, 0.2) is 28.4 Å². The van der Waals surface area contributed by atoms with E-state index in [0.29, 0.717) is 15.5 Å². The van der Waals surface area contributed by atoms with Crippen molar-refractivity contribution in [3.05, 3.63) is 33.8 Å². The Hall–Kier alpha value is -0.860. The Kier molecular flexibility index (Phi) is 3.66. The van der Waals surface area contributed by atoms with Gasteiger partial charge in [-0.25, -0.2) is 0 Å². The van der Waals surface area contributed by atoms with Crippen LogP contribution in [0.4, 0.5) is 0 Å². The van der Waals surface area contributed by atoms with Crippen molar-refractivity contribution in [2.75, 3.05) is 0 Å². The Morgan fingerprint density at radius 2 is 2.00 bits per heavy atom. The van der Waals surface area contributed by atoms with Crippen LogP contribution in [0, 0.1) is 16.7 Å². The number of halogens is 2. The van der Waals surface area contributed by atoms with E-state index in [1.807, 2.05) is 12.1 Å². The second kappa shape index (κ2) is 5.10. The summed E-state index contributed by atoms with van der Waals surface area (Å²) < 4.78 is 0. The second-order valence-electron chi connectivity index (χ2n) is 6.95. The van der Waals surface area contributed by atoms with Crippen LogP contribution < -0.4 is 0 Å². The first-order valence-corrected chi connectivity index (χ1v) is 8.15. The van der Waals surface area contributed by atoms with Crippen molar-refractivity contribution in [2.45, 2.75) is 40.0 Å². The number of rotatable bonds is 2. The van der Waals surface area contributed by atoms with E-state index in [-0.39, 0.29) is 5.41 Å². The fraction of sp³-hybridized carbons (Fsp3) is 0.529. The molecule has 0 aliphatic heterocycles. The van der Waals surface area contributed by atoms with Gasteiger partial charge in [0, 0.05) is 21.7 Å². The van der Waals surface area contributed by atoms with Crippen LogP contribution in [0.2, 0.25) is 10.0 Å². The molecule has 2 saturated carbocycles. The summed E-state index contributed by atoms with van der Waals surface area (Å²) in [6, 6.07) is 5.39. The Morgan fingerprint density at radius 1 is 1.24 bits per heavy atom. The van der Waals surface area contributed by atoms with Crippen molar-refractivity contribution in [3.8, 4) is 0 Å². The van der Waals surface area contributed by atoms with Crippen molar-refractivity contribution in [1.82, 2.24) is 0 Å². The largest absolute Gasteiger partial charge is 0.160 e. The van der Waals surface area contributed by atoms with Crippen LogP contribution in [0.1, 0.15) is 45.6 Å². The predicted molar refractivity (Wildman–Crippen MR) is 90.7 cm³/mol. The molecule has 0 radical (unpaired) electrons. The number of hydrogen-bond acceptors (Lipinski definition) is 2. The molecular weight excluding hydrogens is 303 g/mol. The van der Waals surface area contributed by atoms with Gasteiger partial charge in [0.25, 0.3) is 0 Å². The van der Waals surface area contributed by atoms with Gasteiger partial charge in [-0.3, -0.25) is 0 Å². The average molecular weight is 323 g/mol. The maximum atomic E-state index is 6.14. The summed E-state index contributed by atoms with van der Waals surface area (Å²) in [7, 11) is 0. The Bertz CT molecular complexity index is 634. The first-order valence-electron chi connectivity index (χ1n) is 7.40. The highest BCUT2D eigenvalue weighted by Gasteiger charge is 2.59. The van der Waals surface area contributed by atoms with E-state index in [9.17, 15) is 0 Å². The third-order valence-corrected chi connectivity index (χ3v) is 6.41. The molecule has 0 amide bonds. The molecule has 1 aromatic carbocycles. The van der Waals surface area contributed by atoms with Gasteiger partial charge in [-0.05, 0) is 42.7 Å². The molecule has 0 heterocycles. The van der Waals surface area contributed by atoms with Gasteiger partial charge in [-0.2, -0.15) is 10.2 Å². The van der Waals surface area contributed by atoms with Crippen molar-refractivity contribution in [1.29, 1.82) is 0 Å². The highest BCUT2D eigenvalue weighted by atomic mass is 35.5. The van der Waals surface area contributed by atoms with Crippen molar-refractivity contribution >= 4 is 35.1 Å². The van der Waals surface area contributed by atoms with Crippen molar-refractivity contribution in [2.24, 2.45) is 27.0 Å². The zero-order valence-corrected chi connectivity index (χ0v) is 14.2. The lowest BCUT2D eigenvalue weighted by Crippen LogP contribution is -2.32. The highest BCUT2D eigenvalue weighted by molar-refractivity contribution is 6.36. The molecule has 2 nitrogen and oxygen atoms in total. The summed E-state index contributed by atoms with van der Waals surface area (Å²) in [5, 5.41) is 10.0. The molecule has 4 heteroatoms. The lowest BCUT2D eigenvalue weighted by molar-refractivity contribution is 0.194. The second-order valence-corrected chi connectivity index (χ2v) is 7.79. The Labute approximate surface area is 136 Å². The van der Waals surface area contributed by atoms with E-state index in [1.54, 1.807) is 12.3 Å². The van der Waals surface area contributed by atoms with E-state index in [1.165, 1.54) is 18.6 Å². The third kappa shape index (κ3) is 2.33. The first kappa shape index (κ1) is 15.1. The van der Waals surface area contributed by atoms with Crippen molar-refractivity contribution in [3.63, 3.8) is 0 Å². The maximum absolute atomic E-state index is 6.14. The average Bonchev–Trinajstić information content (AvgIpc) is 2.74. The number of fused-ring (bicyclic) bond motifs is 2. The van der Waals surface area contributed by atoms with Gasteiger partial charge in [-0.15, -0.1) is 0 Å². The smallest absolute Gasteiger partial charge is 0.0583 e. The van der Waals surface area contributed by atoms with E-state index >= 15 is 0 Å². The molecule has 2 atom stereocenters. The third-order valence-electron chi connectivity index (χ3n) is 5.85. The standard InChI is InChI=1S/C17H20Cl2N2/c1-16(2)12-6-7-17(16,3)15(8-12)21-20-10-11-4-5-13(18)9-14(11)19/h4-5,9-10,12H,6-8H2,1-3H3. The van der Waals surface area contributed by atoms with E-state index in [4.69, 9.17) is 23.2 Å². The fourth-order valence-corrected chi connectivity index (χ4v) is 4.30. The molecule has 2 unspecified atom stereocenters. The number of benzene rings is 1. The first-order chi connectivity index (χ1) is 9.84. The summed E-state index contributed by atoms with van der Waals surface area (Å²) >= 11 is 12.0. The molecule has 2 bridgehead atoms. The summed E-state index contributed by atoms with van der Waals surface area (Å²) in [4.78, 5) is 0. The zero-order valence-electron chi connectivity index (χ0n) is 12.7. The lowest BCUT2D eigenvalue weighted by atomic mass is 9.70. The molecule has 112 valence electrons. The van der Waals surface area contributed by atoms with Gasteiger partial charge < -0.3 is 0 Å². The Morgan fingerprint density at radius 3 is 2.57 bits per heavy atom. The quantitative estimate of drug-likeness (QED) is 0.499. The van der Waals surface area contributed by atoms with Gasteiger partial charge in [0.1, 0.15) is 0 Å². The zero-order chi connectivity index (χ0) is 15.3. The van der Waals surface area contributed by atoms with E-state index in [2.05, 4.69) is 31.0 Å².